The molecule has 3 heterocycles. The molecule has 2 bridgehead atoms. The van der Waals surface area contributed by atoms with Crippen LogP contribution >= 0.6 is 0 Å². The molecule has 4 atom stereocenters. The molecule has 114 valence electrons. The summed E-state index contributed by atoms with van der Waals surface area (Å²) in [5.74, 6) is 0. The van der Waals surface area contributed by atoms with Crippen molar-refractivity contribution in [3.63, 3.8) is 0 Å². The Morgan fingerprint density at radius 3 is 2.81 bits per heavy atom. The van der Waals surface area contributed by atoms with E-state index in [0.717, 1.165) is 12.8 Å². The van der Waals surface area contributed by atoms with Gasteiger partial charge < -0.3 is 14.6 Å². The maximum Gasteiger partial charge on any atom is 0.330 e. The van der Waals surface area contributed by atoms with Crippen molar-refractivity contribution in [1.82, 2.24) is 9.55 Å². The number of rotatable bonds is 2. The Morgan fingerprint density at radius 2 is 2.14 bits per heavy atom. The third kappa shape index (κ3) is 1.54. The van der Waals surface area contributed by atoms with Crippen LogP contribution in [0.25, 0.3) is 0 Å². The second-order valence-electron chi connectivity index (χ2n) is 6.66. The molecule has 7 heteroatoms. The van der Waals surface area contributed by atoms with Crippen LogP contribution in [-0.4, -0.2) is 39.1 Å². The number of hydrogen-bond donors (Lipinski definition) is 2. The summed E-state index contributed by atoms with van der Waals surface area (Å²) in [5.41, 5.74) is -1.38. The Hall–Kier alpha value is -1.44. The van der Waals surface area contributed by atoms with E-state index in [0.29, 0.717) is 12.2 Å². The van der Waals surface area contributed by atoms with Gasteiger partial charge in [0.2, 0.25) is 0 Å². The zero-order valence-corrected chi connectivity index (χ0v) is 12.0. The SMILES string of the molecule is Cc1cn([C@@H]2O[C@@]3(C4(C)CC4)COC2[C@H]3O)c(=O)[nH]c1=O. The van der Waals surface area contributed by atoms with Crippen LogP contribution in [0.1, 0.15) is 31.6 Å². The van der Waals surface area contributed by atoms with Crippen LogP contribution < -0.4 is 11.2 Å². The van der Waals surface area contributed by atoms with E-state index in [1.54, 1.807) is 6.92 Å². The highest BCUT2D eigenvalue weighted by atomic mass is 16.6. The van der Waals surface area contributed by atoms with E-state index in [-0.39, 0.29) is 5.41 Å². The highest BCUT2D eigenvalue weighted by Crippen LogP contribution is 2.63. The van der Waals surface area contributed by atoms with Crippen molar-refractivity contribution in [2.45, 2.75) is 50.7 Å². The lowest BCUT2D eigenvalue weighted by Crippen LogP contribution is -2.48. The van der Waals surface area contributed by atoms with E-state index in [1.807, 2.05) is 0 Å². The molecule has 2 N–H and O–H groups in total. The molecule has 2 saturated heterocycles. The molecule has 21 heavy (non-hydrogen) atoms. The zero-order valence-electron chi connectivity index (χ0n) is 12.0. The summed E-state index contributed by atoms with van der Waals surface area (Å²) in [6.07, 6.45) is 1.39. The summed E-state index contributed by atoms with van der Waals surface area (Å²) in [6, 6.07) is 0. The van der Waals surface area contributed by atoms with Crippen molar-refractivity contribution in [3.8, 4) is 0 Å². The molecule has 0 radical (unpaired) electrons. The van der Waals surface area contributed by atoms with Gasteiger partial charge in [-0.1, -0.05) is 6.92 Å². The molecular weight excluding hydrogens is 276 g/mol. The van der Waals surface area contributed by atoms with Crippen molar-refractivity contribution in [2.75, 3.05) is 6.61 Å². The average molecular weight is 294 g/mol. The van der Waals surface area contributed by atoms with Crippen LogP contribution in [-0.2, 0) is 9.47 Å². The highest BCUT2D eigenvalue weighted by Gasteiger charge is 2.72. The van der Waals surface area contributed by atoms with Crippen molar-refractivity contribution >= 4 is 0 Å². The number of fused-ring (bicyclic) bond motifs is 2. The van der Waals surface area contributed by atoms with Gasteiger partial charge in [-0.2, -0.15) is 0 Å². The summed E-state index contributed by atoms with van der Waals surface area (Å²) in [7, 11) is 0. The lowest BCUT2D eigenvalue weighted by atomic mass is 9.83. The zero-order chi connectivity index (χ0) is 15.0. The van der Waals surface area contributed by atoms with E-state index < -0.39 is 35.3 Å². The van der Waals surface area contributed by atoms with Crippen LogP contribution in [0.4, 0.5) is 0 Å². The van der Waals surface area contributed by atoms with Gasteiger partial charge in [-0.3, -0.25) is 14.3 Å². The quantitative estimate of drug-likeness (QED) is 0.779. The maximum absolute atomic E-state index is 12.0. The molecule has 7 nitrogen and oxygen atoms in total. The van der Waals surface area contributed by atoms with Crippen molar-refractivity contribution in [3.05, 3.63) is 32.6 Å². The Morgan fingerprint density at radius 1 is 1.43 bits per heavy atom. The van der Waals surface area contributed by atoms with Crippen molar-refractivity contribution < 1.29 is 14.6 Å². The largest absolute Gasteiger partial charge is 0.387 e. The molecule has 3 fully saturated rings. The standard InChI is InChI=1S/C14H18N2O5/c1-7-5-16(12(19)15-10(7)18)11-8-9(17)14(21-11,6-20-8)13(2)3-4-13/h5,8-9,11,17H,3-4,6H2,1-2H3,(H,15,18,19)/t8?,9-,11-,14+/m1/s1. The molecular formula is C14H18N2O5. The molecule has 0 spiro atoms. The van der Waals surface area contributed by atoms with E-state index >= 15 is 0 Å². The van der Waals surface area contributed by atoms with E-state index in [1.165, 1.54) is 10.8 Å². The molecule has 2 aliphatic heterocycles. The fourth-order valence-corrected chi connectivity index (χ4v) is 3.56. The van der Waals surface area contributed by atoms with Crippen LogP contribution in [0.5, 0.6) is 0 Å². The van der Waals surface area contributed by atoms with Crippen molar-refractivity contribution in [2.24, 2.45) is 5.41 Å². The Labute approximate surface area is 120 Å². The third-order valence-corrected chi connectivity index (χ3v) is 5.33. The molecule has 3 aliphatic rings. The first-order chi connectivity index (χ1) is 9.88. The smallest absolute Gasteiger partial charge is 0.330 e. The molecule has 1 aromatic heterocycles. The van der Waals surface area contributed by atoms with E-state index in [2.05, 4.69) is 11.9 Å². The highest BCUT2D eigenvalue weighted by molar-refractivity contribution is 5.19. The first-order valence-corrected chi connectivity index (χ1v) is 7.18. The lowest BCUT2D eigenvalue weighted by molar-refractivity contribution is -0.199. The normalized spacial score (nSPS) is 39.7. The molecule has 1 aliphatic carbocycles. The van der Waals surface area contributed by atoms with E-state index in [4.69, 9.17) is 9.47 Å². The number of aromatic amines is 1. The predicted molar refractivity (Wildman–Crippen MR) is 72.0 cm³/mol. The summed E-state index contributed by atoms with van der Waals surface area (Å²) in [5, 5.41) is 10.6. The number of nitrogens with zero attached hydrogens (tertiary/aromatic N) is 1. The van der Waals surface area contributed by atoms with Crippen LogP contribution in [0.2, 0.25) is 0 Å². The van der Waals surface area contributed by atoms with Gasteiger partial charge in [-0.25, -0.2) is 4.79 Å². The molecule has 4 rings (SSSR count). The number of H-pyrrole nitrogens is 1. The Balaban J connectivity index is 1.78. The van der Waals surface area contributed by atoms with Gasteiger partial charge in [0.25, 0.3) is 5.56 Å². The van der Waals surface area contributed by atoms with Gasteiger partial charge in [0.1, 0.15) is 17.8 Å². The topological polar surface area (TPSA) is 93.6 Å². The van der Waals surface area contributed by atoms with Crippen LogP contribution in [0.15, 0.2) is 15.8 Å². The summed E-state index contributed by atoms with van der Waals surface area (Å²) in [6.45, 7) is 4.05. The third-order valence-electron chi connectivity index (χ3n) is 5.33. The van der Waals surface area contributed by atoms with Gasteiger partial charge in [-0.15, -0.1) is 0 Å². The lowest BCUT2D eigenvalue weighted by Gasteiger charge is -2.36. The molecule has 0 aromatic carbocycles. The first kappa shape index (κ1) is 13.2. The van der Waals surface area contributed by atoms with Crippen LogP contribution in [0, 0.1) is 12.3 Å². The van der Waals surface area contributed by atoms with Gasteiger partial charge in [0, 0.05) is 17.2 Å². The maximum atomic E-state index is 12.0. The number of hydrogen-bond acceptors (Lipinski definition) is 5. The fraction of sp³-hybridized carbons (Fsp3) is 0.714. The number of aliphatic hydroxyl groups is 1. The Kier molecular flexibility index (Phi) is 2.43. The number of ether oxygens (including phenoxy) is 2. The van der Waals surface area contributed by atoms with Crippen LogP contribution in [0.3, 0.4) is 0 Å². The minimum absolute atomic E-state index is 0.100. The first-order valence-electron chi connectivity index (χ1n) is 7.18. The fourth-order valence-electron chi connectivity index (χ4n) is 3.56. The second-order valence-corrected chi connectivity index (χ2v) is 6.66. The van der Waals surface area contributed by atoms with Gasteiger partial charge >= 0.3 is 5.69 Å². The molecule has 1 unspecified atom stereocenters. The monoisotopic (exact) mass is 294 g/mol. The minimum atomic E-state index is -0.755. The molecule has 0 amide bonds. The number of aromatic nitrogens is 2. The average Bonchev–Trinajstić information content (AvgIpc) is 3.05. The molecule has 1 saturated carbocycles. The number of aliphatic hydroxyl groups excluding tert-OH is 1. The minimum Gasteiger partial charge on any atom is -0.387 e. The van der Waals surface area contributed by atoms with Crippen molar-refractivity contribution in [1.29, 1.82) is 0 Å². The predicted octanol–water partition coefficient (Wildman–Crippen LogP) is -0.328. The summed E-state index contributed by atoms with van der Waals surface area (Å²) < 4.78 is 13.1. The van der Waals surface area contributed by atoms with E-state index in [9.17, 15) is 14.7 Å². The molecule has 1 aromatic rings. The van der Waals surface area contributed by atoms with Gasteiger partial charge in [-0.05, 0) is 19.8 Å². The number of nitrogens with one attached hydrogen (secondary N) is 1. The summed E-state index contributed by atoms with van der Waals surface area (Å²) >= 11 is 0. The Bertz CT molecular complexity index is 719. The second kappa shape index (κ2) is 3.85. The number of aryl methyl sites for hydroxylation is 1. The van der Waals surface area contributed by atoms with Gasteiger partial charge in [0.15, 0.2) is 6.23 Å². The van der Waals surface area contributed by atoms with Gasteiger partial charge in [0.05, 0.1) is 6.61 Å². The summed E-state index contributed by atoms with van der Waals surface area (Å²) in [4.78, 5) is 25.8.